The van der Waals surface area contributed by atoms with E-state index in [9.17, 15) is 4.79 Å². The third-order valence-corrected chi connectivity index (χ3v) is 3.09. The molecule has 1 amide bonds. The molecule has 0 radical (unpaired) electrons. The van der Waals surface area contributed by atoms with Crippen molar-refractivity contribution in [2.24, 2.45) is 5.73 Å². The number of hydrogen-bond donors (Lipinski definition) is 1. The molecule has 0 aromatic heterocycles. The van der Waals surface area contributed by atoms with Crippen molar-refractivity contribution in [3.63, 3.8) is 0 Å². The number of carbonyl (C=O) groups is 1. The molecular formula is C13H10N2OS. The van der Waals surface area contributed by atoms with Crippen LogP contribution in [0.2, 0.25) is 0 Å². The zero-order valence-electron chi connectivity index (χ0n) is 9.01. The van der Waals surface area contributed by atoms with E-state index in [1.165, 1.54) is 0 Å². The number of hydrogen-bond acceptors (Lipinski definition) is 2. The molecule has 2 aromatic rings. The van der Waals surface area contributed by atoms with Crippen LogP contribution >= 0.6 is 12.2 Å². The Labute approximate surface area is 104 Å². The van der Waals surface area contributed by atoms with Crippen molar-refractivity contribution in [1.82, 2.24) is 0 Å². The van der Waals surface area contributed by atoms with Crippen LogP contribution in [-0.4, -0.2) is 17.4 Å². The van der Waals surface area contributed by atoms with Gasteiger partial charge in [-0.25, -0.2) is 0 Å². The smallest absolute Gasteiger partial charge is 0.259 e. The molecule has 1 aliphatic rings. The van der Waals surface area contributed by atoms with Crippen molar-refractivity contribution >= 4 is 39.6 Å². The lowest BCUT2D eigenvalue weighted by molar-refractivity contribution is 0.0996. The van der Waals surface area contributed by atoms with Crippen molar-refractivity contribution in [2.75, 3.05) is 11.4 Å². The van der Waals surface area contributed by atoms with Gasteiger partial charge in [-0.3, -0.25) is 4.79 Å². The van der Waals surface area contributed by atoms with E-state index < -0.39 is 0 Å². The minimum atomic E-state index is -0.0235. The molecule has 3 nitrogen and oxygen atoms in total. The zero-order valence-corrected chi connectivity index (χ0v) is 9.83. The van der Waals surface area contributed by atoms with Crippen LogP contribution in [0.1, 0.15) is 10.4 Å². The van der Waals surface area contributed by atoms with Gasteiger partial charge in [-0.1, -0.05) is 36.5 Å². The molecule has 3 rings (SSSR count). The van der Waals surface area contributed by atoms with E-state index in [1.807, 2.05) is 36.4 Å². The van der Waals surface area contributed by atoms with Gasteiger partial charge in [0, 0.05) is 10.9 Å². The predicted octanol–water partition coefficient (Wildman–Crippen LogP) is 2.09. The van der Waals surface area contributed by atoms with Crippen LogP contribution in [0, 0.1) is 0 Å². The van der Waals surface area contributed by atoms with Gasteiger partial charge < -0.3 is 10.6 Å². The van der Waals surface area contributed by atoms with Gasteiger partial charge in [0.25, 0.3) is 5.91 Å². The second kappa shape index (κ2) is 3.53. The number of carbonyl (C=O) groups excluding carboxylic acids is 1. The van der Waals surface area contributed by atoms with E-state index >= 15 is 0 Å². The Morgan fingerprint density at radius 2 is 1.94 bits per heavy atom. The van der Waals surface area contributed by atoms with Gasteiger partial charge >= 0.3 is 0 Å². The maximum absolute atomic E-state index is 12.2. The fourth-order valence-corrected chi connectivity index (χ4v) is 2.42. The molecule has 0 fully saturated rings. The molecule has 2 N–H and O–H groups in total. The number of amides is 1. The normalized spacial score (nSPS) is 13.4. The molecule has 84 valence electrons. The van der Waals surface area contributed by atoms with Crippen LogP contribution in [0.4, 0.5) is 5.69 Å². The Hall–Kier alpha value is -1.94. The largest absolute Gasteiger partial charge is 0.392 e. The molecule has 1 aliphatic heterocycles. The summed E-state index contributed by atoms with van der Waals surface area (Å²) in [6, 6.07) is 11.6. The molecule has 0 bridgehead atoms. The number of anilines is 1. The SMILES string of the molecule is NC(=S)CN1C(=O)c2cccc3cccc1c23. The summed E-state index contributed by atoms with van der Waals surface area (Å²) in [5.41, 5.74) is 7.16. The first-order valence-corrected chi connectivity index (χ1v) is 5.71. The number of nitrogens with two attached hydrogens (primary N) is 1. The third kappa shape index (κ3) is 1.41. The minimum absolute atomic E-state index is 0.0235. The lowest BCUT2D eigenvalue weighted by Crippen LogP contribution is -2.34. The number of thiocarbonyl (C=S) groups is 1. The summed E-state index contributed by atoms with van der Waals surface area (Å²) in [6.45, 7) is 0.294. The van der Waals surface area contributed by atoms with Crippen LogP contribution < -0.4 is 10.6 Å². The maximum Gasteiger partial charge on any atom is 0.259 e. The highest BCUT2D eigenvalue weighted by Crippen LogP contribution is 2.36. The fourth-order valence-electron chi connectivity index (χ4n) is 2.29. The first-order chi connectivity index (χ1) is 8.18. The van der Waals surface area contributed by atoms with Crippen molar-refractivity contribution in [3.8, 4) is 0 Å². The quantitative estimate of drug-likeness (QED) is 0.820. The number of nitrogens with zero attached hydrogens (tertiary/aromatic N) is 1. The van der Waals surface area contributed by atoms with Crippen LogP contribution in [0.3, 0.4) is 0 Å². The third-order valence-electron chi connectivity index (χ3n) is 2.96. The van der Waals surface area contributed by atoms with Gasteiger partial charge in [0.2, 0.25) is 0 Å². The second-order valence-electron chi connectivity index (χ2n) is 4.04. The van der Waals surface area contributed by atoms with E-state index in [2.05, 4.69) is 0 Å². The van der Waals surface area contributed by atoms with Crippen molar-refractivity contribution < 1.29 is 4.79 Å². The highest BCUT2D eigenvalue weighted by atomic mass is 32.1. The molecular weight excluding hydrogens is 232 g/mol. The van der Waals surface area contributed by atoms with Gasteiger partial charge in [0.15, 0.2) is 0 Å². The zero-order chi connectivity index (χ0) is 12.0. The molecule has 0 atom stereocenters. The summed E-state index contributed by atoms with van der Waals surface area (Å²) >= 11 is 4.89. The van der Waals surface area contributed by atoms with E-state index in [0.717, 1.165) is 22.0 Å². The highest BCUT2D eigenvalue weighted by molar-refractivity contribution is 7.80. The number of rotatable bonds is 2. The van der Waals surface area contributed by atoms with Gasteiger partial charge in [-0.05, 0) is 17.5 Å². The Morgan fingerprint density at radius 1 is 1.24 bits per heavy atom. The van der Waals surface area contributed by atoms with Crippen molar-refractivity contribution in [2.45, 2.75) is 0 Å². The summed E-state index contributed by atoms with van der Waals surface area (Å²) in [7, 11) is 0. The molecule has 0 spiro atoms. The van der Waals surface area contributed by atoms with Crippen LogP contribution in [0.5, 0.6) is 0 Å². The average molecular weight is 242 g/mol. The van der Waals surface area contributed by atoms with Crippen LogP contribution in [-0.2, 0) is 0 Å². The maximum atomic E-state index is 12.2. The second-order valence-corrected chi connectivity index (χ2v) is 4.56. The topological polar surface area (TPSA) is 46.3 Å². The molecule has 17 heavy (non-hydrogen) atoms. The first kappa shape index (κ1) is 10.2. The summed E-state index contributed by atoms with van der Waals surface area (Å²) < 4.78 is 0. The Kier molecular flexibility index (Phi) is 2.12. The van der Waals surface area contributed by atoms with E-state index in [4.69, 9.17) is 18.0 Å². The van der Waals surface area contributed by atoms with E-state index in [-0.39, 0.29) is 5.91 Å². The Morgan fingerprint density at radius 3 is 2.65 bits per heavy atom. The predicted molar refractivity (Wildman–Crippen MR) is 72.4 cm³/mol. The monoisotopic (exact) mass is 242 g/mol. The fraction of sp³-hybridized carbons (Fsp3) is 0.0769. The number of benzene rings is 2. The lowest BCUT2D eigenvalue weighted by atomic mass is 10.1. The van der Waals surface area contributed by atoms with E-state index in [1.54, 1.807) is 4.90 Å². The molecule has 1 heterocycles. The summed E-state index contributed by atoms with van der Waals surface area (Å²) in [5.74, 6) is -0.0235. The lowest BCUT2D eigenvalue weighted by Gasteiger charge is -2.16. The summed E-state index contributed by atoms with van der Waals surface area (Å²) in [5, 5.41) is 2.06. The van der Waals surface area contributed by atoms with Crippen molar-refractivity contribution in [1.29, 1.82) is 0 Å². The van der Waals surface area contributed by atoms with Crippen LogP contribution in [0.25, 0.3) is 10.8 Å². The molecule has 4 heteroatoms. The summed E-state index contributed by atoms with van der Waals surface area (Å²) in [6.07, 6.45) is 0. The average Bonchev–Trinajstić information content (AvgIpc) is 2.57. The minimum Gasteiger partial charge on any atom is -0.392 e. The molecule has 0 saturated carbocycles. The molecule has 0 unspecified atom stereocenters. The molecule has 0 aliphatic carbocycles. The molecule has 0 saturated heterocycles. The Balaban J connectivity index is 2.27. The first-order valence-electron chi connectivity index (χ1n) is 5.30. The van der Waals surface area contributed by atoms with Gasteiger partial charge in [0.1, 0.15) is 0 Å². The molecule has 2 aromatic carbocycles. The van der Waals surface area contributed by atoms with Crippen molar-refractivity contribution in [3.05, 3.63) is 42.0 Å². The standard InChI is InChI=1S/C13H10N2OS/c14-11(17)7-15-10-6-2-4-8-3-1-5-9(12(8)10)13(15)16/h1-6H,7H2,(H2,14,17). The highest BCUT2D eigenvalue weighted by Gasteiger charge is 2.29. The van der Waals surface area contributed by atoms with Gasteiger partial charge in [0.05, 0.1) is 17.2 Å². The van der Waals surface area contributed by atoms with Gasteiger partial charge in [-0.15, -0.1) is 0 Å². The van der Waals surface area contributed by atoms with Gasteiger partial charge in [-0.2, -0.15) is 0 Å². The van der Waals surface area contributed by atoms with Crippen LogP contribution in [0.15, 0.2) is 36.4 Å². The Bertz CT molecular complexity index is 646. The summed E-state index contributed by atoms with van der Waals surface area (Å²) in [4.78, 5) is 14.2. The van der Waals surface area contributed by atoms with E-state index in [0.29, 0.717) is 11.5 Å².